The molecule has 0 saturated carbocycles. The van der Waals surface area contributed by atoms with Gasteiger partial charge in [0.1, 0.15) is 0 Å². The summed E-state index contributed by atoms with van der Waals surface area (Å²) in [6.07, 6.45) is 11.7. The maximum atomic E-state index is 6.00. The minimum atomic E-state index is -2.53. The number of unbranched alkanes of at least 4 members (excludes halogenated alkanes) is 3. The molecule has 1 aromatic heterocycles. The Morgan fingerprint density at radius 1 is 0.815 bits per heavy atom. The fourth-order valence-electron chi connectivity index (χ4n) is 3.71. The van der Waals surface area contributed by atoms with Crippen molar-refractivity contribution in [2.75, 3.05) is 0 Å². The normalized spacial score (nSPS) is 11.5. The van der Waals surface area contributed by atoms with Crippen LogP contribution < -0.4 is 8.45 Å². The quantitative estimate of drug-likeness (QED) is 0.328. The topological polar surface area (TPSA) is 35.0 Å². The molecular weight excluding hydrogens is 439 g/mol. The fourth-order valence-corrected chi connectivity index (χ4v) is 18.9. The van der Waals surface area contributed by atoms with Crippen LogP contribution in [0.1, 0.15) is 64.9 Å². The molecule has 0 amide bonds. The molecule has 4 heteroatoms. The first-order valence-electron chi connectivity index (χ1n) is 10.7. The molecule has 148 valence electrons. The zero-order valence-electron chi connectivity index (χ0n) is 17.4. The molecule has 0 saturated heterocycles. The predicted octanol–water partition coefficient (Wildman–Crippen LogP) is 6.11. The summed E-state index contributed by atoms with van der Waals surface area (Å²) in [5.74, 6) is 0.696. The van der Waals surface area contributed by atoms with Crippen molar-refractivity contribution in [2.45, 2.75) is 79.2 Å². The standard InChI is InChI=1S/C11H9N2O.3C4H9.Sn/c1-2-4-10(5-3-1)9-14-11-8-12-6-7-13-11;3*1-3-4-2;/h1-6,8H,9H2;3*1,3-4H2,2H3;. The SMILES string of the molecule is CCC[CH2][Sn]([CH2]CCC)([CH2]CCC)[c]1cncc(OCc2ccccc2)n1. The molecule has 27 heavy (non-hydrogen) atoms. The number of ether oxygens (including phenoxy) is 1. The van der Waals surface area contributed by atoms with Crippen molar-refractivity contribution in [1.29, 1.82) is 0 Å². The Hall–Kier alpha value is -1.10. The van der Waals surface area contributed by atoms with Gasteiger partial charge in [-0.3, -0.25) is 0 Å². The zero-order valence-corrected chi connectivity index (χ0v) is 20.3. The van der Waals surface area contributed by atoms with E-state index in [1.165, 1.54) is 61.1 Å². The Kier molecular flexibility index (Phi) is 10.2. The van der Waals surface area contributed by atoms with Gasteiger partial charge in [-0.25, -0.2) is 0 Å². The Labute approximate surface area is 169 Å². The molecule has 0 atom stereocenters. The first-order chi connectivity index (χ1) is 13.2. The van der Waals surface area contributed by atoms with Crippen molar-refractivity contribution in [3.8, 4) is 5.88 Å². The average Bonchev–Trinajstić information content (AvgIpc) is 2.73. The number of hydrogen-bond donors (Lipinski definition) is 0. The molecule has 0 bridgehead atoms. The Morgan fingerprint density at radius 3 is 1.96 bits per heavy atom. The summed E-state index contributed by atoms with van der Waals surface area (Å²) >= 11 is -2.53. The van der Waals surface area contributed by atoms with Crippen molar-refractivity contribution in [3.63, 3.8) is 0 Å². The van der Waals surface area contributed by atoms with Crippen LogP contribution in [0.2, 0.25) is 13.3 Å². The molecule has 0 fully saturated rings. The van der Waals surface area contributed by atoms with Crippen LogP contribution in [0, 0.1) is 0 Å². The summed E-state index contributed by atoms with van der Waals surface area (Å²) in [6, 6.07) is 10.3. The fraction of sp³-hybridized carbons (Fsp3) is 0.565. The third kappa shape index (κ3) is 7.09. The molecular formula is C23H36N2OSn. The van der Waals surface area contributed by atoms with Gasteiger partial charge >= 0.3 is 170 Å². The molecule has 1 heterocycles. The van der Waals surface area contributed by atoms with Crippen LogP contribution in [-0.4, -0.2) is 28.3 Å². The third-order valence-corrected chi connectivity index (χ3v) is 20.4. The number of hydrogen-bond acceptors (Lipinski definition) is 3. The monoisotopic (exact) mass is 476 g/mol. The van der Waals surface area contributed by atoms with Gasteiger partial charge in [-0.1, -0.05) is 0 Å². The summed E-state index contributed by atoms with van der Waals surface area (Å²) in [6.45, 7) is 7.48. The Morgan fingerprint density at radius 2 is 1.41 bits per heavy atom. The summed E-state index contributed by atoms with van der Waals surface area (Å²) in [7, 11) is 0. The Balaban J connectivity index is 2.21. The van der Waals surface area contributed by atoms with Gasteiger partial charge in [-0.05, 0) is 0 Å². The molecule has 0 aliphatic heterocycles. The van der Waals surface area contributed by atoms with E-state index in [-0.39, 0.29) is 0 Å². The average molecular weight is 475 g/mol. The minimum absolute atomic E-state index is 0.556. The zero-order chi connectivity index (χ0) is 19.4. The summed E-state index contributed by atoms with van der Waals surface area (Å²) < 4.78 is 11.6. The maximum absolute atomic E-state index is 6.00. The second kappa shape index (κ2) is 12.4. The van der Waals surface area contributed by atoms with Gasteiger partial charge in [0.05, 0.1) is 0 Å². The molecule has 2 rings (SSSR count). The molecule has 0 N–H and O–H groups in total. The number of benzene rings is 1. The number of aromatic nitrogens is 2. The second-order valence-corrected chi connectivity index (χ2v) is 20.7. The van der Waals surface area contributed by atoms with Crippen LogP contribution >= 0.6 is 0 Å². The van der Waals surface area contributed by atoms with Crippen molar-refractivity contribution < 1.29 is 4.74 Å². The molecule has 0 spiro atoms. The van der Waals surface area contributed by atoms with Crippen LogP contribution in [0.25, 0.3) is 0 Å². The molecule has 2 aromatic rings. The number of nitrogens with zero attached hydrogens (tertiary/aromatic N) is 2. The van der Waals surface area contributed by atoms with Gasteiger partial charge in [-0.2, -0.15) is 0 Å². The van der Waals surface area contributed by atoms with Crippen LogP contribution in [0.3, 0.4) is 0 Å². The van der Waals surface area contributed by atoms with Gasteiger partial charge in [-0.15, -0.1) is 0 Å². The van der Waals surface area contributed by atoms with Crippen molar-refractivity contribution in [1.82, 2.24) is 9.97 Å². The van der Waals surface area contributed by atoms with Crippen molar-refractivity contribution in [3.05, 3.63) is 48.3 Å². The van der Waals surface area contributed by atoms with Crippen molar-refractivity contribution >= 4 is 22.1 Å². The van der Waals surface area contributed by atoms with Gasteiger partial charge in [0.2, 0.25) is 0 Å². The summed E-state index contributed by atoms with van der Waals surface area (Å²) in [4.78, 5) is 9.58. The van der Waals surface area contributed by atoms with E-state index in [4.69, 9.17) is 9.72 Å². The van der Waals surface area contributed by atoms with E-state index < -0.39 is 18.4 Å². The first-order valence-corrected chi connectivity index (χ1v) is 18.2. The van der Waals surface area contributed by atoms with Crippen LogP contribution in [0.4, 0.5) is 0 Å². The van der Waals surface area contributed by atoms with E-state index in [9.17, 15) is 0 Å². The van der Waals surface area contributed by atoms with Gasteiger partial charge < -0.3 is 0 Å². The van der Waals surface area contributed by atoms with E-state index in [0.717, 1.165) is 0 Å². The third-order valence-electron chi connectivity index (χ3n) is 5.41. The molecule has 0 aliphatic carbocycles. The molecule has 1 aromatic carbocycles. The van der Waals surface area contributed by atoms with Gasteiger partial charge in [0.25, 0.3) is 0 Å². The molecule has 0 radical (unpaired) electrons. The van der Waals surface area contributed by atoms with E-state index in [1.54, 1.807) is 6.20 Å². The van der Waals surface area contributed by atoms with E-state index in [1.807, 2.05) is 18.2 Å². The van der Waals surface area contributed by atoms with Gasteiger partial charge in [0.15, 0.2) is 0 Å². The predicted molar refractivity (Wildman–Crippen MR) is 117 cm³/mol. The molecule has 0 aliphatic rings. The van der Waals surface area contributed by atoms with Crippen LogP contribution in [0.15, 0.2) is 42.7 Å². The van der Waals surface area contributed by atoms with Crippen LogP contribution in [0.5, 0.6) is 5.88 Å². The van der Waals surface area contributed by atoms with Crippen LogP contribution in [-0.2, 0) is 6.61 Å². The van der Waals surface area contributed by atoms with E-state index >= 15 is 0 Å². The molecule has 0 unspecified atom stereocenters. The van der Waals surface area contributed by atoms with E-state index in [0.29, 0.717) is 12.5 Å². The summed E-state index contributed by atoms with van der Waals surface area (Å²) in [5.41, 5.74) is 1.17. The van der Waals surface area contributed by atoms with Gasteiger partial charge in [0, 0.05) is 0 Å². The Bertz CT molecular complexity index is 626. The van der Waals surface area contributed by atoms with Crippen molar-refractivity contribution in [2.24, 2.45) is 0 Å². The second-order valence-electron chi connectivity index (χ2n) is 7.61. The molecule has 3 nitrogen and oxygen atoms in total. The first kappa shape index (κ1) is 22.2. The number of rotatable bonds is 13. The van der Waals surface area contributed by atoms with E-state index in [2.05, 4.69) is 44.1 Å². The summed E-state index contributed by atoms with van der Waals surface area (Å²) in [5, 5.41) is 0.